The summed E-state index contributed by atoms with van der Waals surface area (Å²) in [6.07, 6.45) is 5.64. The predicted octanol–water partition coefficient (Wildman–Crippen LogP) is 8.08. The molecule has 0 nitrogen and oxygen atoms in total. The zero-order chi connectivity index (χ0) is 24.3. The van der Waals surface area contributed by atoms with Crippen LogP contribution in [0.3, 0.4) is 0 Å². The molecule has 0 saturated heterocycles. The molecule has 0 spiro atoms. The van der Waals surface area contributed by atoms with Crippen LogP contribution in [-0.2, 0) is 14.6 Å². The van der Waals surface area contributed by atoms with Gasteiger partial charge in [0.25, 0.3) is 0 Å². The quantitative estimate of drug-likeness (QED) is 0.123. The average molecular weight is 541 g/mol. The molecule has 1 aliphatic rings. The Kier molecular flexibility index (Phi) is 10.1. The molecule has 5 aromatic carbocycles. The van der Waals surface area contributed by atoms with Crippen molar-refractivity contribution in [2.75, 3.05) is 0 Å². The SMILES string of the molecule is [Cl][Ni].c1ccc([PH+](c2ccccc2)c2ccccc2)cc1.c1ccc2c(c1)cc[c-]2C1CCCC1. The van der Waals surface area contributed by atoms with Crippen molar-refractivity contribution in [2.24, 2.45) is 0 Å². The van der Waals surface area contributed by atoms with Crippen LogP contribution in [-0.4, -0.2) is 0 Å². The van der Waals surface area contributed by atoms with Crippen LogP contribution in [0.5, 0.6) is 0 Å². The molecular weight excluding hydrogens is 509 g/mol. The third-order valence-electron chi connectivity index (χ3n) is 6.70. The van der Waals surface area contributed by atoms with Gasteiger partial charge in [0.1, 0.15) is 15.9 Å². The number of hydrogen-bond donors (Lipinski definition) is 0. The van der Waals surface area contributed by atoms with Gasteiger partial charge in [0, 0.05) is 0 Å². The third kappa shape index (κ3) is 6.68. The summed E-state index contributed by atoms with van der Waals surface area (Å²) in [5.74, 6) is 0.842. The van der Waals surface area contributed by atoms with Crippen LogP contribution in [0.1, 0.15) is 37.2 Å². The Morgan fingerprint density at radius 3 is 1.49 bits per heavy atom. The molecule has 0 bridgehead atoms. The monoisotopic (exact) mass is 539 g/mol. The summed E-state index contributed by atoms with van der Waals surface area (Å²) >= 11 is 3.35. The molecule has 0 radical (unpaired) electrons. The summed E-state index contributed by atoms with van der Waals surface area (Å²) in [6.45, 7) is 0. The first-order valence-corrected chi connectivity index (χ1v) is 15.1. The van der Waals surface area contributed by atoms with Crippen molar-refractivity contribution >= 4 is 44.8 Å². The van der Waals surface area contributed by atoms with E-state index in [-0.39, 0.29) is 0 Å². The van der Waals surface area contributed by atoms with E-state index in [0.29, 0.717) is 0 Å². The van der Waals surface area contributed by atoms with E-state index in [2.05, 4.69) is 152 Å². The van der Waals surface area contributed by atoms with Gasteiger partial charge in [-0.15, -0.1) is 40.6 Å². The predicted molar refractivity (Wildman–Crippen MR) is 153 cm³/mol. The van der Waals surface area contributed by atoms with Gasteiger partial charge < -0.3 is 0 Å². The van der Waals surface area contributed by atoms with Crippen molar-refractivity contribution in [2.45, 2.75) is 31.6 Å². The maximum Gasteiger partial charge on any atom is 0.102 e. The molecule has 3 heteroatoms. The minimum absolute atomic E-state index is 0.842. The summed E-state index contributed by atoms with van der Waals surface area (Å²) in [7, 11) is 3.39. The zero-order valence-corrected chi connectivity index (χ0v) is 22.5. The molecule has 0 aliphatic heterocycles. The van der Waals surface area contributed by atoms with Gasteiger partial charge in [-0.05, 0) is 36.4 Å². The third-order valence-corrected chi connectivity index (χ3v) is 9.43. The van der Waals surface area contributed by atoms with Crippen molar-refractivity contribution in [3.63, 3.8) is 0 Å². The molecule has 1 saturated carbocycles. The summed E-state index contributed by atoms with van der Waals surface area (Å²) < 4.78 is 0. The first-order valence-electron chi connectivity index (χ1n) is 12.2. The average Bonchev–Trinajstić information content (AvgIpc) is 3.63. The van der Waals surface area contributed by atoms with Crippen LogP contribution in [0.15, 0.2) is 127 Å². The number of rotatable bonds is 4. The topological polar surface area (TPSA) is 0 Å². The Balaban J connectivity index is 0.000000160. The fraction of sp³-hybridized carbons (Fsp3) is 0.156. The second-order valence-electron chi connectivity index (χ2n) is 8.83. The largest absolute Gasteiger partial charge is 0.168 e. The van der Waals surface area contributed by atoms with Crippen molar-refractivity contribution in [3.05, 3.63) is 133 Å². The van der Waals surface area contributed by atoms with Crippen molar-refractivity contribution < 1.29 is 14.6 Å². The second-order valence-corrected chi connectivity index (χ2v) is 11.3. The summed E-state index contributed by atoms with van der Waals surface area (Å²) in [5, 5.41) is 7.20. The van der Waals surface area contributed by atoms with Crippen LogP contribution >= 0.6 is 18.1 Å². The van der Waals surface area contributed by atoms with E-state index in [0.717, 1.165) is 5.92 Å². The fourth-order valence-corrected chi connectivity index (χ4v) is 7.66. The summed E-state index contributed by atoms with van der Waals surface area (Å²) in [4.78, 5) is 0. The van der Waals surface area contributed by atoms with E-state index in [1.807, 2.05) is 0 Å². The molecule has 0 aromatic heterocycles. The Morgan fingerprint density at radius 2 is 1.00 bits per heavy atom. The molecule has 35 heavy (non-hydrogen) atoms. The normalized spacial score (nSPS) is 13.1. The van der Waals surface area contributed by atoms with E-state index in [4.69, 9.17) is 0 Å². The van der Waals surface area contributed by atoms with Crippen LogP contribution < -0.4 is 15.9 Å². The molecule has 181 valence electrons. The van der Waals surface area contributed by atoms with Gasteiger partial charge in [-0.1, -0.05) is 92.3 Å². The van der Waals surface area contributed by atoms with Gasteiger partial charge in [0.05, 0.1) is 7.92 Å². The molecular formula is C32H31ClNiP. The molecule has 1 fully saturated rings. The Labute approximate surface area is 223 Å². The van der Waals surface area contributed by atoms with Crippen LogP contribution in [0, 0.1) is 0 Å². The molecule has 1 aliphatic carbocycles. The molecule has 0 N–H and O–H groups in total. The minimum Gasteiger partial charge on any atom is -0.168 e. The molecule has 0 atom stereocenters. The van der Waals surface area contributed by atoms with Gasteiger partial charge in [-0.3, -0.25) is 0 Å². The van der Waals surface area contributed by atoms with Gasteiger partial charge in [0.2, 0.25) is 0 Å². The van der Waals surface area contributed by atoms with Crippen molar-refractivity contribution in [1.29, 1.82) is 0 Å². The van der Waals surface area contributed by atoms with Crippen LogP contribution in [0.2, 0.25) is 0 Å². The van der Waals surface area contributed by atoms with E-state index < -0.39 is 7.92 Å². The Bertz CT molecular complexity index is 1170. The zero-order valence-electron chi connectivity index (χ0n) is 19.7. The molecule has 0 amide bonds. The summed E-state index contributed by atoms with van der Waals surface area (Å²) in [5.41, 5.74) is 1.60. The molecule has 6 rings (SSSR count). The van der Waals surface area contributed by atoms with Crippen molar-refractivity contribution in [1.82, 2.24) is 0 Å². The molecule has 5 aromatic rings. The fourth-order valence-electron chi connectivity index (χ4n) is 5.08. The Hall–Kier alpha value is -2.30. The maximum atomic E-state index is 4.26. The first kappa shape index (κ1) is 25.8. The van der Waals surface area contributed by atoms with E-state index in [9.17, 15) is 0 Å². The standard InChI is InChI=1S/C18H15P.C14H15.ClH.Ni/c1-4-10-16(11-5-1)19(17-12-6-2-7-13-17)18-14-8-3-9-15-18;1-2-6-11(5-1)14-10-9-12-7-3-4-8-13(12)14;;/h1-15H;3-4,7-11H,1-2,5-6H2;1H;/q;-1;;+1. The first-order chi connectivity index (χ1) is 17.4. The van der Waals surface area contributed by atoms with Crippen molar-refractivity contribution in [3.8, 4) is 0 Å². The summed E-state index contributed by atoms with van der Waals surface area (Å²) in [6, 6.07) is 45.9. The molecule has 0 heterocycles. The van der Waals surface area contributed by atoms with E-state index in [1.165, 1.54) is 52.4 Å². The number of benzene rings is 4. The van der Waals surface area contributed by atoms with E-state index >= 15 is 0 Å². The van der Waals surface area contributed by atoms with E-state index in [1.54, 1.807) is 5.56 Å². The smallest absolute Gasteiger partial charge is 0.102 e. The van der Waals surface area contributed by atoms with Gasteiger partial charge in [-0.2, -0.15) is 6.07 Å². The van der Waals surface area contributed by atoms with Gasteiger partial charge in [-0.25, -0.2) is 0 Å². The number of fused-ring (bicyclic) bond motifs is 1. The van der Waals surface area contributed by atoms with Gasteiger partial charge >= 0.3 is 24.8 Å². The Morgan fingerprint density at radius 1 is 0.571 bits per heavy atom. The number of halogens is 1. The maximum absolute atomic E-state index is 4.26. The number of hydrogen-bond acceptors (Lipinski definition) is 0. The van der Waals surface area contributed by atoms with Crippen LogP contribution in [0.4, 0.5) is 0 Å². The minimum atomic E-state index is -0.877. The van der Waals surface area contributed by atoms with Gasteiger partial charge in [0.15, 0.2) is 0 Å². The second kappa shape index (κ2) is 13.7. The molecule has 0 unspecified atom stereocenters. The van der Waals surface area contributed by atoms with Crippen LogP contribution in [0.25, 0.3) is 10.8 Å².